The molecular formula is C17H24N2O3. The topological polar surface area (TPSA) is 58.6 Å². The highest BCUT2D eigenvalue weighted by atomic mass is 16.5. The molecule has 1 N–H and O–H groups in total. The zero-order valence-electron chi connectivity index (χ0n) is 13.3. The lowest BCUT2D eigenvalue weighted by Crippen LogP contribution is -2.38. The first-order valence-corrected chi connectivity index (χ1v) is 7.85. The molecule has 1 heterocycles. The van der Waals surface area contributed by atoms with Crippen LogP contribution in [0.25, 0.3) is 0 Å². The summed E-state index contributed by atoms with van der Waals surface area (Å²) in [6, 6.07) is 7.58. The molecule has 1 aliphatic heterocycles. The molecule has 5 nitrogen and oxygen atoms in total. The summed E-state index contributed by atoms with van der Waals surface area (Å²) in [5.41, 5.74) is 1.08. The summed E-state index contributed by atoms with van der Waals surface area (Å²) in [6.45, 7) is 5.73. The van der Waals surface area contributed by atoms with Gasteiger partial charge in [0.05, 0.1) is 0 Å². The summed E-state index contributed by atoms with van der Waals surface area (Å²) in [7, 11) is 0. The summed E-state index contributed by atoms with van der Waals surface area (Å²) < 4.78 is 5.61. The molecule has 2 rings (SSSR count). The van der Waals surface area contributed by atoms with E-state index in [0.29, 0.717) is 18.7 Å². The lowest BCUT2D eigenvalue weighted by atomic mass is 10.2. The second kappa shape index (κ2) is 7.82. The van der Waals surface area contributed by atoms with E-state index in [4.69, 9.17) is 4.74 Å². The summed E-state index contributed by atoms with van der Waals surface area (Å²) in [4.78, 5) is 25.7. The van der Waals surface area contributed by atoms with E-state index < -0.39 is 6.10 Å². The van der Waals surface area contributed by atoms with Crippen LogP contribution in [0.5, 0.6) is 5.75 Å². The average Bonchev–Trinajstić information content (AvgIpc) is 3.01. The van der Waals surface area contributed by atoms with Gasteiger partial charge >= 0.3 is 0 Å². The third-order valence-corrected chi connectivity index (χ3v) is 3.77. The van der Waals surface area contributed by atoms with Gasteiger partial charge in [0, 0.05) is 26.1 Å². The summed E-state index contributed by atoms with van der Waals surface area (Å²) in [5.74, 6) is 0.594. The van der Waals surface area contributed by atoms with Crippen molar-refractivity contribution in [3.05, 3.63) is 29.8 Å². The van der Waals surface area contributed by atoms with E-state index in [9.17, 15) is 9.59 Å². The van der Waals surface area contributed by atoms with Crippen molar-refractivity contribution in [3.8, 4) is 5.75 Å². The number of nitrogens with zero attached hydrogens (tertiary/aromatic N) is 1. The quantitative estimate of drug-likeness (QED) is 0.873. The number of benzene rings is 1. The maximum atomic E-state index is 12.0. The second-order valence-electron chi connectivity index (χ2n) is 5.71. The Labute approximate surface area is 131 Å². The van der Waals surface area contributed by atoms with Crippen LogP contribution in [0, 0.1) is 6.92 Å². The van der Waals surface area contributed by atoms with Crippen molar-refractivity contribution in [1.29, 1.82) is 0 Å². The smallest absolute Gasteiger partial charge is 0.260 e. The Morgan fingerprint density at radius 3 is 2.73 bits per heavy atom. The maximum Gasteiger partial charge on any atom is 0.260 e. The highest BCUT2D eigenvalue weighted by Crippen LogP contribution is 2.14. The Bertz CT molecular complexity index is 524. The molecule has 1 saturated heterocycles. The van der Waals surface area contributed by atoms with Gasteiger partial charge in [-0.15, -0.1) is 0 Å². The van der Waals surface area contributed by atoms with Crippen LogP contribution in [0.2, 0.25) is 0 Å². The van der Waals surface area contributed by atoms with Crippen molar-refractivity contribution < 1.29 is 14.3 Å². The van der Waals surface area contributed by atoms with Crippen LogP contribution < -0.4 is 10.1 Å². The van der Waals surface area contributed by atoms with Crippen LogP contribution in [-0.4, -0.2) is 42.5 Å². The van der Waals surface area contributed by atoms with Gasteiger partial charge in [0.15, 0.2) is 6.10 Å². The van der Waals surface area contributed by atoms with Gasteiger partial charge in [-0.2, -0.15) is 0 Å². The number of rotatable bonds is 6. The van der Waals surface area contributed by atoms with Crippen LogP contribution in [0.1, 0.15) is 31.7 Å². The fraction of sp³-hybridized carbons (Fsp3) is 0.529. The van der Waals surface area contributed by atoms with E-state index in [0.717, 1.165) is 31.5 Å². The van der Waals surface area contributed by atoms with Gasteiger partial charge in [-0.05, 0) is 44.4 Å². The number of ether oxygens (including phenoxy) is 1. The molecule has 1 aromatic carbocycles. The molecule has 0 bridgehead atoms. The molecule has 1 fully saturated rings. The van der Waals surface area contributed by atoms with Gasteiger partial charge in [-0.1, -0.05) is 12.1 Å². The molecule has 120 valence electrons. The zero-order chi connectivity index (χ0) is 15.9. The largest absolute Gasteiger partial charge is 0.481 e. The first-order chi connectivity index (χ1) is 10.6. The second-order valence-corrected chi connectivity index (χ2v) is 5.71. The third-order valence-electron chi connectivity index (χ3n) is 3.77. The van der Waals surface area contributed by atoms with E-state index in [1.165, 1.54) is 0 Å². The summed E-state index contributed by atoms with van der Waals surface area (Å²) >= 11 is 0. The molecule has 1 atom stereocenters. The van der Waals surface area contributed by atoms with Gasteiger partial charge < -0.3 is 15.0 Å². The van der Waals surface area contributed by atoms with E-state index in [-0.39, 0.29) is 11.8 Å². The summed E-state index contributed by atoms with van der Waals surface area (Å²) in [5, 5.41) is 2.76. The first-order valence-electron chi connectivity index (χ1n) is 7.85. The fourth-order valence-corrected chi connectivity index (χ4v) is 2.51. The minimum Gasteiger partial charge on any atom is -0.481 e. The molecule has 0 aromatic heterocycles. The predicted molar refractivity (Wildman–Crippen MR) is 84.7 cm³/mol. The van der Waals surface area contributed by atoms with Gasteiger partial charge in [0.1, 0.15) is 5.75 Å². The maximum absolute atomic E-state index is 12.0. The molecule has 1 aliphatic rings. The minimum absolute atomic E-state index is 0.116. The van der Waals surface area contributed by atoms with Crippen molar-refractivity contribution in [3.63, 3.8) is 0 Å². The molecule has 5 heteroatoms. The zero-order valence-corrected chi connectivity index (χ0v) is 13.3. The van der Waals surface area contributed by atoms with Crippen molar-refractivity contribution >= 4 is 11.8 Å². The Balaban J connectivity index is 1.71. The average molecular weight is 304 g/mol. The summed E-state index contributed by atoms with van der Waals surface area (Å²) in [6.07, 6.45) is 1.94. The lowest BCUT2D eigenvalue weighted by Gasteiger charge is -2.17. The first kappa shape index (κ1) is 16.3. The molecule has 2 amide bonds. The van der Waals surface area contributed by atoms with E-state index in [1.807, 2.05) is 36.1 Å². The van der Waals surface area contributed by atoms with Gasteiger partial charge in [0.2, 0.25) is 5.91 Å². The van der Waals surface area contributed by atoms with E-state index >= 15 is 0 Å². The van der Waals surface area contributed by atoms with E-state index in [1.54, 1.807) is 6.92 Å². The molecule has 22 heavy (non-hydrogen) atoms. The molecular weight excluding hydrogens is 280 g/mol. The normalized spacial score (nSPS) is 15.5. The van der Waals surface area contributed by atoms with Crippen LogP contribution in [0.3, 0.4) is 0 Å². The number of aryl methyl sites for hydroxylation is 1. The molecule has 0 saturated carbocycles. The number of nitrogens with one attached hydrogen (secondary N) is 1. The Morgan fingerprint density at radius 1 is 1.32 bits per heavy atom. The van der Waals surface area contributed by atoms with Crippen molar-refractivity contribution in [1.82, 2.24) is 10.2 Å². The molecule has 0 unspecified atom stereocenters. The number of likely N-dealkylation sites (tertiary alicyclic amines) is 1. The number of hydrogen-bond donors (Lipinski definition) is 1. The van der Waals surface area contributed by atoms with Crippen LogP contribution in [0.15, 0.2) is 24.3 Å². The SMILES string of the molecule is Cc1cccc(O[C@@H](C)C(=O)NCCC(=O)N2CCCC2)c1. The van der Waals surface area contributed by atoms with Crippen LogP contribution in [-0.2, 0) is 9.59 Å². The van der Waals surface area contributed by atoms with Gasteiger partial charge in [-0.3, -0.25) is 9.59 Å². The monoisotopic (exact) mass is 304 g/mol. The molecule has 0 aliphatic carbocycles. The minimum atomic E-state index is -0.580. The predicted octanol–water partition coefficient (Wildman–Crippen LogP) is 1.89. The van der Waals surface area contributed by atoms with Crippen molar-refractivity contribution in [2.24, 2.45) is 0 Å². The number of carbonyl (C=O) groups excluding carboxylic acids is 2. The Morgan fingerprint density at radius 2 is 2.05 bits per heavy atom. The van der Waals surface area contributed by atoms with Crippen LogP contribution in [0.4, 0.5) is 0 Å². The third kappa shape index (κ3) is 4.76. The van der Waals surface area contributed by atoms with Crippen molar-refractivity contribution in [2.75, 3.05) is 19.6 Å². The standard InChI is InChI=1S/C17H24N2O3/c1-13-6-5-7-15(12-13)22-14(2)17(21)18-9-8-16(20)19-10-3-4-11-19/h5-7,12,14H,3-4,8-11H2,1-2H3,(H,18,21)/t14-/m0/s1. The highest BCUT2D eigenvalue weighted by Gasteiger charge is 2.19. The lowest BCUT2D eigenvalue weighted by molar-refractivity contribution is -0.130. The van der Waals surface area contributed by atoms with Crippen molar-refractivity contribution in [2.45, 2.75) is 39.2 Å². The Kier molecular flexibility index (Phi) is 5.81. The molecule has 0 spiro atoms. The number of hydrogen-bond acceptors (Lipinski definition) is 3. The number of carbonyl (C=O) groups is 2. The highest BCUT2D eigenvalue weighted by molar-refractivity contribution is 5.82. The molecule has 1 aromatic rings. The van der Waals surface area contributed by atoms with Crippen LogP contribution >= 0.6 is 0 Å². The van der Waals surface area contributed by atoms with Gasteiger partial charge in [0.25, 0.3) is 5.91 Å². The van der Waals surface area contributed by atoms with E-state index in [2.05, 4.69) is 5.32 Å². The fourth-order valence-electron chi connectivity index (χ4n) is 2.51. The molecule has 0 radical (unpaired) electrons. The number of amides is 2. The Hall–Kier alpha value is -2.04. The van der Waals surface area contributed by atoms with Gasteiger partial charge in [-0.25, -0.2) is 0 Å².